The lowest BCUT2D eigenvalue weighted by molar-refractivity contribution is 0.378. The average molecular weight is 270 g/mol. The summed E-state index contributed by atoms with van der Waals surface area (Å²) < 4.78 is 26.7. The predicted molar refractivity (Wildman–Crippen MR) is 73.6 cm³/mol. The molecule has 102 valence electrons. The molecule has 0 amide bonds. The zero-order valence-corrected chi connectivity index (χ0v) is 12.0. The van der Waals surface area contributed by atoms with Crippen molar-refractivity contribution >= 4 is 10.0 Å². The molecule has 1 rings (SSSR count). The fraction of sp³-hybridized carbons (Fsp3) is 0.538. The molecule has 0 atom stereocenters. The smallest absolute Gasteiger partial charge is 0.240 e. The van der Waals surface area contributed by atoms with Crippen LogP contribution in [0.5, 0.6) is 0 Å². The van der Waals surface area contributed by atoms with Crippen LogP contribution in [0.3, 0.4) is 0 Å². The first kappa shape index (κ1) is 15.1. The van der Waals surface area contributed by atoms with Crippen LogP contribution < -0.4 is 10.5 Å². The molecule has 0 unspecified atom stereocenters. The number of nitrogens with one attached hydrogen (secondary N) is 1. The molecule has 18 heavy (non-hydrogen) atoms. The number of rotatable bonds is 5. The largest absolute Gasteiger partial charge is 0.326 e. The lowest BCUT2D eigenvalue weighted by Crippen LogP contribution is -2.27. The van der Waals surface area contributed by atoms with Gasteiger partial charge in [0.15, 0.2) is 0 Å². The number of hydrogen-bond donors (Lipinski definition) is 2. The van der Waals surface area contributed by atoms with Gasteiger partial charge >= 0.3 is 0 Å². The summed E-state index contributed by atoms with van der Waals surface area (Å²) in [6.45, 7) is 7.02. The summed E-state index contributed by atoms with van der Waals surface area (Å²) in [6.07, 6.45) is 0.794. The van der Waals surface area contributed by atoms with Gasteiger partial charge in [-0.15, -0.1) is 0 Å². The van der Waals surface area contributed by atoms with Crippen molar-refractivity contribution in [3.63, 3.8) is 0 Å². The Balaban J connectivity index is 2.74. The van der Waals surface area contributed by atoms with E-state index in [-0.39, 0.29) is 10.3 Å². The van der Waals surface area contributed by atoms with Crippen LogP contribution in [0.4, 0.5) is 0 Å². The van der Waals surface area contributed by atoms with E-state index in [0.717, 1.165) is 12.0 Å². The molecular formula is C13H22N2O2S. The second kappa shape index (κ2) is 5.82. The van der Waals surface area contributed by atoms with Gasteiger partial charge in [0, 0.05) is 13.1 Å². The molecule has 0 fully saturated rings. The summed E-state index contributed by atoms with van der Waals surface area (Å²) in [5.41, 5.74) is 6.43. The van der Waals surface area contributed by atoms with Crippen LogP contribution in [-0.4, -0.2) is 15.0 Å². The van der Waals surface area contributed by atoms with Gasteiger partial charge < -0.3 is 5.73 Å². The number of benzene rings is 1. The van der Waals surface area contributed by atoms with Crippen molar-refractivity contribution < 1.29 is 8.42 Å². The summed E-state index contributed by atoms with van der Waals surface area (Å²) in [6, 6.07) is 6.71. The van der Waals surface area contributed by atoms with E-state index < -0.39 is 10.0 Å². The maximum atomic E-state index is 12.0. The van der Waals surface area contributed by atoms with Crippen LogP contribution in [0.15, 0.2) is 29.2 Å². The van der Waals surface area contributed by atoms with E-state index in [1.165, 1.54) is 0 Å². The fourth-order valence-corrected chi connectivity index (χ4v) is 2.59. The van der Waals surface area contributed by atoms with Gasteiger partial charge in [-0.25, -0.2) is 13.1 Å². The molecule has 0 aliphatic carbocycles. The van der Waals surface area contributed by atoms with E-state index in [4.69, 9.17) is 5.73 Å². The number of nitrogens with two attached hydrogens (primary N) is 1. The molecule has 0 bridgehead atoms. The summed E-state index contributed by atoms with van der Waals surface area (Å²) in [5, 5.41) is 0. The van der Waals surface area contributed by atoms with Gasteiger partial charge in [0.1, 0.15) is 0 Å². The zero-order chi connectivity index (χ0) is 13.8. The van der Waals surface area contributed by atoms with E-state index in [9.17, 15) is 8.42 Å². The molecule has 0 aliphatic heterocycles. The minimum atomic E-state index is -3.42. The standard InChI is InChI=1S/C13H22N2O2S/c1-13(2,3)7-8-15-18(16,17)12-6-4-5-11(9-12)10-14/h4-6,9,15H,7-8,10,14H2,1-3H3. The Kier molecular flexibility index (Phi) is 4.90. The molecule has 1 aromatic rings. The third kappa shape index (κ3) is 4.76. The van der Waals surface area contributed by atoms with Gasteiger partial charge in [-0.3, -0.25) is 0 Å². The molecule has 0 saturated carbocycles. The van der Waals surface area contributed by atoms with E-state index in [0.29, 0.717) is 13.1 Å². The highest BCUT2D eigenvalue weighted by molar-refractivity contribution is 7.89. The van der Waals surface area contributed by atoms with E-state index in [1.807, 2.05) is 6.07 Å². The van der Waals surface area contributed by atoms with Crippen LogP contribution in [0.1, 0.15) is 32.8 Å². The number of hydrogen-bond acceptors (Lipinski definition) is 3. The first-order chi connectivity index (χ1) is 8.24. The fourth-order valence-electron chi connectivity index (χ4n) is 1.48. The first-order valence-electron chi connectivity index (χ1n) is 6.03. The quantitative estimate of drug-likeness (QED) is 0.858. The highest BCUT2D eigenvalue weighted by Crippen LogP contribution is 2.18. The van der Waals surface area contributed by atoms with Gasteiger partial charge in [0.2, 0.25) is 10.0 Å². The molecule has 0 radical (unpaired) electrons. The molecule has 1 aromatic carbocycles. The summed E-state index contributed by atoms with van der Waals surface area (Å²) in [4.78, 5) is 0.277. The minimum Gasteiger partial charge on any atom is -0.326 e. The predicted octanol–water partition coefficient (Wildman–Crippen LogP) is 1.86. The van der Waals surface area contributed by atoms with Gasteiger partial charge in [-0.2, -0.15) is 0 Å². The zero-order valence-electron chi connectivity index (χ0n) is 11.2. The van der Waals surface area contributed by atoms with E-state index in [1.54, 1.807) is 18.2 Å². The van der Waals surface area contributed by atoms with Crippen molar-refractivity contribution in [2.45, 2.75) is 38.6 Å². The van der Waals surface area contributed by atoms with Crippen LogP contribution >= 0.6 is 0 Å². The molecule has 0 saturated heterocycles. The van der Waals surface area contributed by atoms with Crippen molar-refractivity contribution in [3.8, 4) is 0 Å². The Morgan fingerprint density at radius 3 is 2.50 bits per heavy atom. The molecule has 3 N–H and O–H groups in total. The lowest BCUT2D eigenvalue weighted by atomic mass is 9.93. The normalized spacial score (nSPS) is 12.7. The third-order valence-electron chi connectivity index (χ3n) is 2.61. The van der Waals surface area contributed by atoms with Crippen molar-refractivity contribution in [2.24, 2.45) is 11.1 Å². The Hall–Kier alpha value is -0.910. The molecular weight excluding hydrogens is 248 g/mol. The molecule has 4 nitrogen and oxygen atoms in total. The SMILES string of the molecule is CC(C)(C)CCNS(=O)(=O)c1cccc(CN)c1. The van der Waals surface area contributed by atoms with E-state index >= 15 is 0 Å². The van der Waals surface area contributed by atoms with Crippen molar-refractivity contribution in [1.82, 2.24) is 4.72 Å². The molecule has 0 aliphatic rings. The van der Waals surface area contributed by atoms with Gasteiger partial charge in [0.05, 0.1) is 4.90 Å². The Bertz CT molecular complexity index is 490. The highest BCUT2D eigenvalue weighted by atomic mass is 32.2. The Morgan fingerprint density at radius 1 is 1.28 bits per heavy atom. The molecule has 5 heteroatoms. The Labute approximate surface area is 110 Å². The molecule has 0 spiro atoms. The molecule has 0 heterocycles. The van der Waals surface area contributed by atoms with Gasteiger partial charge in [-0.05, 0) is 29.5 Å². The summed E-state index contributed by atoms with van der Waals surface area (Å²) >= 11 is 0. The van der Waals surface area contributed by atoms with Crippen molar-refractivity contribution in [2.75, 3.05) is 6.54 Å². The minimum absolute atomic E-state index is 0.113. The maximum Gasteiger partial charge on any atom is 0.240 e. The van der Waals surface area contributed by atoms with Crippen molar-refractivity contribution in [1.29, 1.82) is 0 Å². The maximum absolute atomic E-state index is 12.0. The van der Waals surface area contributed by atoms with Crippen LogP contribution in [0.2, 0.25) is 0 Å². The summed E-state index contributed by atoms with van der Waals surface area (Å²) in [7, 11) is -3.42. The second-order valence-electron chi connectivity index (χ2n) is 5.56. The second-order valence-corrected chi connectivity index (χ2v) is 7.33. The van der Waals surface area contributed by atoms with Gasteiger partial charge in [-0.1, -0.05) is 32.9 Å². The topological polar surface area (TPSA) is 72.2 Å². The van der Waals surface area contributed by atoms with Crippen LogP contribution in [0.25, 0.3) is 0 Å². The average Bonchev–Trinajstić information content (AvgIpc) is 2.27. The van der Waals surface area contributed by atoms with Crippen LogP contribution in [-0.2, 0) is 16.6 Å². The van der Waals surface area contributed by atoms with E-state index in [2.05, 4.69) is 25.5 Å². The number of sulfonamides is 1. The van der Waals surface area contributed by atoms with Crippen LogP contribution in [0, 0.1) is 5.41 Å². The first-order valence-corrected chi connectivity index (χ1v) is 7.52. The van der Waals surface area contributed by atoms with Crippen molar-refractivity contribution in [3.05, 3.63) is 29.8 Å². The summed E-state index contributed by atoms with van der Waals surface area (Å²) in [5.74, 6) is 0. The lowest BCUT2D eigenvalue weighted by Gasteiger charge is -2.18. The Morgan fingerprint density at radius 2 is 1.94 bits per heavy atom. The monoisotopic (exact) mass is 270 g/mol. The highest BCUT2D eigenvalue weighted by Gasteiger charge is 2.16. The van der Waals surface area contributed by atoms with Gasteiger partial charge in [0.25, 0.3) is 0 Å². The molecule has 0 aromatic heterocycles. The third-order valence-corrected chi connectivity index (χ3v) is 4.07.